The monoisotopic (exact) mass is 432 g/mol. The Kier molecular flexibility index (Phi) is 6.53. The Balaban J connectivity index is 1.55. The standard InChI is InChI=1S/C26H25FN2O3/c1-32-22-12-6-19(7-13-22)25-23(14-15-24(30)18-4-8-20(27)9-5-18)26(31)29(25)21-10-2-17(16-28)3-11-21/h2-13,23-25,30H,14-16H2,1H3/t23-,24+,25-/m1/s1. The van der Waals surface area contributed by atoms with Gasteiger partial charge in [0.05, 0.1) is 31.7 Å². The molecule has 1 saturated heterocycles. The molecule has 5 nitrogen and oxygen atoms in total. The van der Waals surface area contributed by atoms with Gasteiger partial charge in [-0.1, -0.05) is 36.4 Å². The van der Waals surface area contributed by atoms with Crippen molar-refractivity contribution in [3.05, 3.63) is 95.3 Å². The summed E-state index contributed by atoms with van der Waals surface area (Å²) in [4.78, 5) is 14.9. The molecule has 1 amide bonds. The molecule has 0 saturated carbocycles. The summed E-state index contributed by atoms with van der Waals surface area (Å²) in [7, 11) is 1.61. The van der Waals surface area contributed by atoms with Crippen molar-refractivity contribution in [2.45, 2.75) is 31.5 Å². The van der Waals surface area contributed by atoms with E-state index in [-0.39, 0.29) is 30.2 Å². The van der Waals surface area contributed by atoms with Gasteiger partial charge in [-0.2, -0.15) is 0 Å². The third-order valence-electron chi connectivity index (χ3n) is 6.07. The topological polar surface area (TPSA) is 72.1 Å². The van der Waals surface area contributed by atoms with Crippen LogP contribution in [0.5, 0.6) is 5.75 Å². The summed E-state index contributed by atoms with van der Waals surface area (Å²) >= 11 is 0. The summed E-state index contributed by atoms with van der Waals surface area (Å²) in [6.07, 6.45) is 0.128. The first-order valence-electron chi connectivity index (χ1n) is 10.6. The number of rotatable bonds is 8. The molecule has 2 radical (unpaired) electrons. The van der Waals surface area contributed by atoms with Gasteiger partial charge >= 0.3 is 0 Å². The van der Waals surface area contributed by atoms with Crippen LogP contribution in [0.4, 0.5) is 10.1 Å². The molecular weight excluding hydrogens is 407 g/mol. The first-order valence-corrected chi connectivity index (χ1v) is 10.6. The number of ether oxygens (including phenoxy) is 1. The molecule has 1 aliphatic heterocycles. The lowest BCUT2D eigenvalue weighted by Gasteiger charge is -2.48. The van der Waals surface area contributed by atoms with Crippen molar-refractivity contribution >= 4 is 11.6 Å². The van der Waals surface area contributed by atoms with E-state index in [0.717, 1.165) is 22.6 Å². The highest BCUT2D eigenvalue weighted by molar-refractivity contribution is 6.03. The van der Waals surface area contributed by atoms with E-state index >= 15 is 0 Å². The van der Waals surface area contributed by atoms with Gasteiger partial charge in [0.1, 0.15) is 11.6 Å². The number of aliphatic hydroxyl groups excluding tert-OH is 1. The molecule has 0 bridgehead atoms. The van der Waals surface area contributed by atoms with Gasteiger partial charge in [-0.15, -0.1) is 5.73 Å². The molecule has 3 aromatic carbocycles. The lowest BCUT2D eigenvalue weighted by atomic mass is 9.78. The first-order chi connectivity index (χ1) is 15.5. The Labute approximate surface area is 187 Å². The van der Waals surface area contributed by atoms with E-state index in [1.54, 1.807) is 36.3 Å². The molecule has 4 rings (SSSR count). The molecule has 3 atom stereocenters. The third-order valence-corrected chi connectivity index (χ3v) is 6.07. The van der Waals surface area contributed by atoms with E-state index in [4.69, 9.17) is 4.74 Å². The second kappa shape index (κ2) is 9.51. The van der Waals surface area contributed by atoms with Crippen LogP contribution in [-0.4, -0.2) is 18.1 Å². The van der Waals surface area contributed by atoms with Crippen molar-refractivity contribution in [1.82, 2.24) is 5.73 Å². The molecule has 6 heteroatoms. The lowest BCUT2D eigenvalue weighted by Crippen LogP contribution is -2.55. The number of carbonyl (C=O) groups is 1. The molecule has 0 spiro atoms. The highest BCUT2D eigenvalue weighted by Crippen LogP contribution is 2.46. The maximum atomic E-state index is 13.2. The number of hydrogen-bond donors (Lipinski definition) is 1. The SMILES string of the molecule is COc1ccc([C@@H]2[C@@H](CC[C@H](O)c3ccc(F)cc3)C(=O)N2c2ccc(C[N])cc2)cc1. The van der Waals surface area contributed by atoms with Crippen LogP contribution in [-0.2, 0) is 11.3 Å². The van der Waals surface area contributed by atoms with Crippen molar-refractivity contribution in [2.75, 3.05) is 12.0 Å². The molecule has 164 valence electrons. The zero-order valence-corrected chi connectivity index (χ0v) is 17.8. The number of nitrogens with zero attached hydrogens (tertiary/aromatic N) is 2. The van der Waals surface area contributed by atoms with Crippen LogP contribution in [0.2, 0.25) is 0 Å². The van der Waals surface area contributed by atoms with Crippen molar-refractivity contribution < 1.29 is 19.0 Å². The van der Waals surface area contributed by atoms with Crippen LogP contribution < -0.4 is 15.4 Å². The predicted octanol–water partition coefficient (Wildman–Crippen LogP) is 4.62. The number of carbonyl (C=O) groups excluding carboxylic acids is 1. The quantitative estimate of drug-likeness (QED) is 0.528. The molecule has 1 fully saturated rings. The highest BCUT2D eigenvalue weighted by atomic mass is 19.1. The molecule has 0 unspecified atom stereocenters. The Morgan fingerprint density at radius 3 is 2.28 bits per heavy atom. The van der Waals surface area contributed by atoms with Gasteiger partial charge in [0.2, 0.25) is 5.91 Å². The van der Waals surface area contributed by atoms with E-state index in [9.17, 15) is 20.0 Å². The Morgan fingerprint density at radius 1 is 1.03 bits per heavy atom. The van der Waals surface area contributed by atoms with Crippen LogP contribution in [0.25, 0.3) is 0 Å². The van der Waals surface area contributed by atoms with Crippen LogP contribution in [0.15, 0.2) is 72.8 Å². The average molecular weight is 432 g/mol. The van der Waals surface area contributed by atoms with E-state index < -0.39 is 6.10 Å². The number of methoxy groups -OCH3 is 1. The van der Waals surface area contributed by atoms with Crippen LogP contribution in [0.1, 0.15) is 41.7 Å². The van der Waals surface area contributed by atoms with Gasteiger partial charge in [-0.05, 0) is 65.9 Å². The summed E-state index contributed by atoms with van der Waals surface area (Å²) in [5.74, 6) is 0.101. The van der Waals surface area contributed by atoms with E-state index in [1.807, 2.05) is 36.4 Å². The number of benzene rings is 3. The Morgan fingerprint density at radius 2 is 1.69 bits per heavy atom. The fourth-order valence-corrected chi connectivity index (χ4v) is 4.25. The summed E-state index contributed by atoms with van der Waals surface area (Å²) in [5, 5.41) is 10.5. The number of aliphatic hydroxyl groups is 1. The van der Waals surface area contributed by atoms with Gasteiger partial charge in [0, 0.05) is 5.69 Å². The minimum absolute atomic E-state index is 0.00567. The second-order valence-corrected chi connectivity index (χ2v) is 8.00. The van der Waals surface area contributed by atoms with Gasteiger partial charge in [0.25, 0.3) is 0 Å². The van der Waals surface area contributed by atoms with Gasteiger partial charge in [0.15, 0.2) is 0 Å². The normalized spacial score (nSPS) is 18.9. The fourth-order valence-electron chi connectivity index (χ4n) is 4.25. The molecule has 1 N–H and O–H groups in total. The highest BCUT2D eigenvalue weighted by Gasteiger charge is 2.48. The van der Waals surface area contributed by atoms with E-state index in [1.165, 1.54) is 12.1 Å². The molecule has 3 aromatic rings. The molecule has 1 aliphatic rings. The molecular formula is C26H25FN2O3. The minimum atomic E-state index is -0.766. The summed E-state index contributed by atoms with van der Waals surface area (Å²) < 4.78 is 18.4. The average Bonchev–Trinajstić information content (AvgIpc) is 2.83. The fraction of sp³-hybridized carbons (Fsp3) is 0.269. The number of hydrogen-bond acceptors (Lipinski definition) is 3. The zero-order chi connectivity index (χ0) is 22.7. The zero-order valence-electron chi connectivity index (χ0n) is 17.8. The van der Waals surface area contributed by atoms with Crippen LogP contribution >= 0.6 is 0 Å². The largest absolute Gasteiger partial charge is 0.497 e. The van der Waals surface area contributed by atoms with Gasteiger partial charge in [-0.3, -0.25) is 4.79 Å². The third kappa shape index (κ3) is 4.38. The number of halogens is 1. The summed E-state index contributed by atoms with van der Waals surface area (Å²) in [6.45, 7) is -0.0555. The minimum Gasteiger partial charge on any atom is -0.497 e. The first kappa shape index (κ1) is 22.0. The molecule has 32 heavy (non-hydrogen) atoms. The van der Waals surface area contributed by atoms with Crippen molar-refractivity contribution in [3.63, 3.8) is 0 Å². The smallest absolute Gasteiger partial charge is 0.233 e. The molecule has 0 aliphatic carbocycles. The Hall–Kier alpha value is -3.22. The van der Waals surface area contributed by atoms with Crippen molar-refractivity contribution in [3.8, 4) is 5.75 Å². The number of anilines is 1. The maximum Gasteiger partial charge on any atom is 0.233 e. The van der Waals surface area contributed by atoms with Gasteiger partial charge < -0.3 is 14.7 Å². The number of β-lactam (4-membered cyclic amide) rings is 1. The number of amides is 1. The summed E-state index contributed by atoms with van der Waals surface area (Å²) in [6, 6.07) is 20.5. The van der Waals surface area contributed by atoms with Crippen molar-refractivity contribution in [1.29, 1.82) is 0 Å². The summed E-state index contributed by atoms with van der Waals surface area (Å²) in [5.41, 5.74) is 12.5. The van der Waals surface area contributed by atoms with E-state index in [0.29, 0.717) is 18.4 Å². The van der Waals surface area contributed by atoms with Crippen molar-refractivity contribution in [2.24, 2.45) is 5.92 Å². The second-order valence-electron chi connectivity index (χ2n) is 8.00. The molecule has 1 heterocycles. The maximum absolute atomic E-state index is 13.2. The van der Waals surface area contributed by atoms with Crippen LogP contribution in [0.3, 0.4) is 0 Å². The Bertz CT molecular complexity index is 1050. The van der Waals surface area contributed by atoms with Crippen LogP contribution in [0, 0.1) is 11.7 Å². The predicted molar refractivity (Wildman–Crippen MR) is 120 cm³/mol. The van der Waals surface area contributed by atoms with E-state index in [2.05, 4.69) is 0 Å². The molecule has 0 aromatic heterocycles. The lowest BCUT2D eigenvalue weighted by molar-refractivity contribution is -0.131. The van der Waals surface area contributed by atoms with Gasteiger partial charge in [-0.25, -0.2) is 4.39 Å².